The Hall–Kier alpha value is -4.79. The summed E-state index contributed by atoms with van der Waals surface area (Å²) in [4.78, 5) is 33.2. The molecule has 2 N–H and O–H groups in total. The first-order valence-electron chi connectivity index (χ1n) is 11.4. The number of hydrogen-bond donors (Lipinski definition) is 2. The third-order valence-electron chi connectivity index (χ3n) is 6.03. The highest BCUT2D eigenvalue weighted by atomic mass is 19.2. The number of carbonyl (C=O) groups is 1. The molecule has 186 valence electrons. The minimum Gasteiger partial charge on any atom is -0.495 e. The number of H-pyrrole nitrogens is 1. The van der Waals surface area contributed by atoms with Crippen molar-refractivity contribution in [2.75, 3.05) is 7.11 Å². The molecule has 0 aliphatic rings. The van der Waals surface area contributed by atoms with Gasteiger partial charge in [-0.25, -0.2) is 13.8 Å². The third-order valence-corrected chi connectivity index (χ3v) is 6.03. The lowest BCUT2D eigenvalue weighted by molar-refractivity contribution is 0.0948. The summed E-state index contributed by atoms with van der Waals surface area (Å²) in [6, 6.07) is 16.0. The van der Waals surface area contributed by atoms with Crippen LogP contribution in [0.1, 0.15) is 21.5 Å². The molecule has 0 aliphatic heterocycles. The van der Waals surface area contributed by atoms with E-state index in [0.29, 0.717) is 11.3 Å². The van der Waals surface area contributed by atoms with Crippen molar-refractivity contribution >= 4 is 16.9 Å². The van der Waals surface area contributed by atoms with Crippen molar-refractivity contribution < 1.29 is 18.3 Å². The molecule has 3 heterocycles. The maximum absolute atomic E-state index is 13.5. The van der Waals surface area contributed by atoms with Crippen LogP contribution in [0.5, 0.6) is 5.75 Å². The summed E-state index contributed by atoms with van der Waals surface area (Å²) in [6.45, 7) is 0.206. The number of nitrogens with one attached hydrogen (secondary N) is 2. The SMILES string of the molecule is COc1cnc2[nH]cc(-c3cccc(CNC(=O)c4cccn(Cc5ccc(F)c(F)c5)c4=O)c3)c2c1. The van der Waals surface area contributed by atoms with E-state index in [1.54, 1.807) is 19.4 Å². The van der Waals surface area contributed by atoms with Crippen molar-refractivity contribution in [3.63, 3.8) is 0 Å². The van der Waals surface area contributed by atoms with Crippen LogP contribution in [0.4, 0.5) is 8.78 Å². The molecule has 3 aromatic heterocycles. The van der Waals surface area contributed by atoms with Crippen LogP contribution >= 0.6 is 0 Å². The molecule has 37 heavy (non-hydrogen) atoms. The first-order chi connectivity index (χ1) is 17.9. The number of aromatic nitrogens is 3. The topological polar surface area (TPSA) is 89.0 Å². The highest BCUT2D eigenvalue weighted by molar-refractivity contribution is 5.95. The van der Waals surface area contributed by atoms with Crippen molar-refractivity contribution in [2.24, 2.45) is 0 Å². The van der Waals surface area contributed by atoms with Crippen LogP contribution < -0.4 is 15.6 Å². The van der Waals surface area contributed by atoms with Crippen LogP contribution in [0.15, 0.2) is 84.0 Å². The van der Waals surface area contributed by atoms with Crippen molar-refractivity contribution in [3.05, 3.63) is 118 Å². The van der Waals surface area contributed by atoms with Gasteiger partial charge < -0.3 is 19.6 Å². The van der Waals surface area contributed by atoms with Gasteiger partial charge in [-0.1, -0.05) is 24.3 Å². The fourth-order valence-electron chi connectivity index (χ4n) is 4.13. The van der Waals surface area contributed by atoms with E-state index in [1.807, 2.05) is 36.5 Å². The molecule has 5 aromatic rings. The Morgan fingerprint density at radius 1 is 1.05 bits per heavy atom. The zero-order chi connectivity index (χ0) is 25.9. The molecule has 0 radical (unpaired) electrons. The quantitative estimate of drug-likeness (QED) is 0.340. The van der Waals surface area contributed by atoms with Crippen LogP contribution in [0.2, 0.25) is 0 Å². The smallest absolute Gasteiger partial charge is 0.263 e. The van der Waals surface area contributed by atoms with E-state index in [4.69, 9.17) is 4.74 Å². The molecule has 2 aromatic carbocycles. The molecule has 5 rings (SSSR count). The normalized spacial score (nSPS) is 11.0. The van der Waals surface area contributed by atoms with Gasteiger partial charge in [0.2, 0.25) is 0 Å². The molecule has 0 aliphatic carbocycles. The molecular weight excluding hydrogens is 478 g/mol. The number of carbonyl (C=O) groups excluding carboxylic acids is 1. The third kappa shape index (κ3) is 4.97. The van der Waals surface area contributed by atoms with Gasteiger partial charge in [-0.3, -0.25) is 9.59 Å². The number of benzene rings is 2. The van der Waals surface area contributed by atoms with Crippen LogP contribution in [0, 0.1) is 11.6 Å². The standard InChI is InChI=1S/C28H22F2N4O3/c1-37-20-12-22-23(15-32-26(22)31-14-20)19-5-2-4-17(10-19)13-33-27(35)21-6-3-9-34(28(21)36)16-18-7-8-24(29)25(30)11-18/h2-12,14-15H,13,16H2,1H3,(H,31,32)(H,33,35). The second-order valence-electron chi connectivity index (χ2n) is 8.46. The Morgan fingerprint density at radius 3 is 2.73 bits per heavy atom. The van der Waals surface area contributed by atoms with Crippen molar-refractivity contribution in [1.29, 1.82) is 0 Å². The highest BCUT2D eigenvalue weighted by Gasteiger charge is 2.14. The first kappa shape index (κ1) is 23.9. The summed E-state index contributed by atoms with van der Waals surface area (Å²) in [5.41, 5.74) is 3.28. The number of rotatable bonds is 7. The van der Waals surface area contributed by atoms with E-state index < -0.39 is 23.1 Å². The lowest BCUT2D eigenvalue weighted by atomic mass is 10.0. The predicted molar refractivity (Wildman–Crippen MR) is 135 cm³/mol. The molecular formula is C28H22F2N4O3. The van der Waals surface area contributed by atoms with Gasteiger partial charge in [-0.2, -0.15) is 0 Å². The number of nitrogens with zero attached hydrogens (tertiary/aromatic N) is 2. The van der Waals surface area contributed by atoms with Crippen molar-refractivity contribution in [2.45, 2.75) is 13.1 Å². The minimum absolute atomic E-state index is 0.00344. The first-order valence-corrected chi connectivity index (χ1v) is 11.4. The Bertz CT molecular complexity index is 1680. The Labute approximate surface area is 210 Å². The zero-order valence-corrected chi connectivity index (χ0v) is 19.8. The number of pyridine rings is 2. The number of aromatic amines is 1. The maximum Gasteiger partial charge on any atom is 0.263 e. The van der Waals surface area contributed by atoms with Gasteiger partial charge in [0, 0.05) is 29.9 Å². The van der Waals surface area contributed by atoms with E-state index >= 15 is 0 Å². The monoisotopic (exact) mass is 500 g/mol. The van der Waals surface area contributed by atoms with Crippen molar-refractivity contribution in [3.8, 4) is 16.9 Å². The second-order valence-corrected chi connectivity index (χ2v) is 8.46. The van der Waals surface area contributed by atoms with E-state index in [1.165, 1.54) is 22.9 Å². The van der Waals surface area contributed by atoms with E-state index in [0.717, 1.165) is 39.9 Å². The fourth-order valence-corrected chi connectivity index (χ4v) is 4.13. The summed E-state index contributed by atoms with van der Waals surface area (Å²) >= 11 is 0. The van der Waals surface area contributed by atoms with Gasteiger partial charge in [0.05, 0.1) is 19.9 Å². The summed E-state index contributed by atoms with van der Waals surface area (Å²) in [5.74, 6) is -1.84. The van der Waals surface area contributed by atoms with Gasteiger partial charge in [0.1, 0.15) is 17.0 Å². The largest absolute Gasteiger partial charge is 0.495 e. The van der Waals surface area contributed by atoms with Gasteiger partial charge in [-0.15, -0.1) is 0 Å². The number of fused-ring (bicyclic) bond motifs is 1. The molecule has 0 atom stereocenters. The van der Waals surface area contributed by atoms with Crippen molar-refractivity contribution in [1.82, 2.24) is 19.9 Å². The van der Waals surface area contributed by atoms with Crippen LogP contribution in [0.25, 0.3) is 22.2 Å². The zero-order valence-electron chi connectivity index (χ0n) is 19.8. The van der Waals surface area contributed by atoms with Gasteiger partial charge >= 0.3 is 0 Å². The average Bonchev–Trinajstić information content (AvgIpc) is 3.34. The molecule has 0 bridgehead atoms. The fraction of sp³-hybridized carbons (Fsp3) is 0.107. The maximum atomic E-state index is 13.5. The number of methoxy groups -OCH3 is 1. The molecule has 9 heteroatoms. The number of amides is 1. The van der Waals surface area contributed by atoms with Crippen LogP contribution in [-0.4, -0.2) is 27.6 Å². The summed E-state index contributed by atoms with van der Waals surface area (Å²) in [7, 11) is 1.59. The van der Waals surface area contributed by atoms with E-state index in [2.05, 4.69) is 15.3 Å². The Kier molecular flexibility index (Phi) is 6.51. The van der Waals surface area contributed by atoms with Gasteiger partial charge in [0.15, 0.2) is 11.6 Å². The second kappa shape index (κ2) is 10.1. The van der Waals surface area contributed by atoms with Gasteiger partial charge in [0.25, 0.3) is 11.5 Å². The minimum atomic E-state index is -0.996. The molecule has 7 nitrogen and oxygen atoms in total. The highest BCUT2D eigenvalue weighted by Crippen LogP contribution is 2.30. The van der Waals surface area contributed by atoms with Gasteiger partial charge in [-0.05, 0) is 53.1 Å². The molecule has 0 saturated heterocycles. The molecule has 0 fully saturated rings. The summed E-state index contributed by atoms with van der Waals surface area (Å²) in [5, 5.41) is 3.70. The summed E-state index contributed by atoms with van der Waals surface area (Å²) in [6.07, 6.45) is 5.01. The number of ether oxygens (including phenoxy) is 1. The van der Waals surface area contributed by atoms with Crippen LogP contribution in [0.3, 0.4) is 0 Å². The molecule has 1 amide bonds. The Balaban J connectivity index is 1.32. The molecule has 0 unspecified atom stereocenters. The molecule has 0 spiro atoms. The lowest BCUT2D eigenvalue weighted by Crippen LogP contribution is -2.32. The molecule has 0 saturated carbocycles. The number of halogens is 2. The summed E-state index contributed by atoms with van der Waals surface area (Å²) < 4.78 is 33.3. The Morgan fingerprint density at radius 2 is 1.92 bits per heavy atom. The average molecular weight is 501 g/mol. The predicted octanol–water partition coefficient (Wildman–Crippen LogP) is 4.66. The van der Waals surface area contributed by atoms with E-state index in [9.17, 15) is 18.4 Å². The number of hydrogen-bond acceptors (Lipinski definition) is 4. The van der Waals surface area contributed by atoms with Crippen LogP contribution in [-0.2, 0) is 13.1 Å². The lowest BCUT2D eigenvalue weighted by Gasteiger charge is -2.10. The van der Waals surface area contributed by atoms with E-state index in [-0.39, 0.29) is 18.7 Å².